The smallest absolute Gasteiger partial charge is 0.293 e. The second kappa shape index (κ2) is 8.16. The van der Waals surface area contributed by atoms with Gasteiger partial charge in [0.25, 0.3) is 17.5 Å². The Kier molecular flexibility index (Phi) is 4.93. The van der Waals surface area contributed by atoms with Crippen LogP contribution in [0.4, 0.5) is 5.69 Å². The number of carbonyl (C=O) groups excluding carboxylic acids is 2. The van der Waals surface area contributed by atoms with E-state index in [0.29, 0.717) is 28.7 Å². The molecule has 1 aliphatic rings. The van der Waals surface area contributed by atoms with Gasteiger partial charge in [0.15, 0.2) is 0 Å². The number of hydrogen-bond acceptors (Lipinski definition) is 4. The minimum absolute atomic E-state index is 0.0365. The zero-order valence-corrected chi connectivity index (χ0v) is 19.4. The highest BCUT2D eigenvalue weighted by Crippen LogP contribution is 2.43. The molecule has 1 N–H and O–H groups in total. The lowest BCUT2D eigenvalue weighted by Gasteiger charge is -2.13. The first-order chi connectivity index (χ1) is 17.5. The van der Waals surface area contributed by atoms with Gasteiger partial charge in [0.05, 0.1) is 16.2 Å². The molecule has 0 unspecified atom stereocenters. The maximum Gasteiger partial charge on any atom is 0.293 e. The van der Waals surface area contributed by atoms with E-state index in [1.54, 1.807) is 12.1 Å². The Hall–Kier alpha value is -4.78. The molecular weight excluding hydrogens is 454 g/mol. The summed E-state index contributed by atoms with van der Waals surface area (Å²) >= 11 is 0. The molecule has 176 valence electrons. The number of fused-ring (bicyclic) bond motifs is 4. The van der Waals surface area contributed by atoms with Crippen molar-refractivity contribution in [2.45, 2.75) is 19.9 Å². The number of non-ortho nitro benzene ring substituents is 1. The van der Waals surface area contributed by atoms with Crippen molar-refractivity contribution in [3.8, 4) is 11.3 Å². The number of rotatable bonds is 5. The monoisotopic (exact) mass is 475 g/mol. The molecule has 7 heteroatoms. The molecule has 0 spiro atoms. The molecule has 0 saturated carbocycles. The van der Waals surface area contributed by atoms with Gasteiger partial charge in [0, 0.05) is 29.6 Å². The van der Waals surface area contributed by atoms with Crippen LogP contribution in [0.25, 0.3) is 49.3 Å². The molecule has 36 heavy (non-hydrogen) atoms. The second-order valence-corrected chi connectivity index (χ2v) is 8.90. The zero-order valence-electron chi connectivity index (χ0n) is 19.4. The molecule has 5 aromatic rings. The lowest BCUT2D eigenvalue weighted by molar-refractivity contribution is -0.383. The van der Waals surface area contributed by atoms with Gasteiger partial charge in [-0.1, -0.05) is 67.6 Å². The number of benzene rings is 4. The van der Waals surface area contributed by atoms with Crippen LogP contribution in [0.5, 0.6) is 0 Å². The topological polar surface area (TPSA) is 94.2 Å². The van der Waals surface area contributed by atoms with Gasteiger partial charge in [0.1, 0.15) is 5.52 Å². The van der Waals surface area contributed by atoms with Gasteiger partial charge < -0.3 is 4.57 Å². The van der Waals surface area contributed by atoms with Gasteiger partial charge >= 0.3 is 0 Å². The first kappa shape index (κ1) is 21.7. The largest absolute Gasteiger partial charge is 0.334 e. The van der Waals surface area contributed by atoms with Gasteiger partial charge in [-0.15, -0.1) is 0 Å². The van der Waals surface area contributed by atoms with Gasteiger partial charge in [-0.3, -0.25) is 25.0 Å². The summed E-state index contributed by atoms with van der Waals surface area (Å²) in [5, 5.41) is 19.3. The first-order valence-electron chi connectivity index (χ1n) is 11.8. The van der Waals surface area contributed by atoms with E-state index >= 15 is 0 Å². The molecular formula is C29H21N3O4. The standard InChI is InChI=1S/C29H21N3O4/c1-2-14-31-27(19-12-13-21-18(15-19)11-10-17-6-3-4-7-20(17)21)26(23-16-25(33)30-29(23)34)22-8-5-9-24(28(22)31)32(35)36/h3-13,15-16H,2,14H2,1H3,(H,30,33,34). The van der Waals surface area contributed by atoms with Crippen molar-refractivity contribution in [2.24, 2.45) is 0 Å². The Labute approximate surface area is 205 Å². The van der Waals surface area contributed by atoms with Crippen LogP contribution in [0.3, 0.4) is 0 Å². The zero-order chi connectivity index (χ0) is 25.0. The summed E-state index contributed by atoms with van der Waals surface area (Å²) in [6.45, 7) is 2.51. The van der Waals surface area contributed by atoms with Crippen molar-refractivity contribution in [1.29, 1.82) is 0 Å². The highest BCUT2D eigenvalue weighted by molar-refractivity contribution is 6.36. The lowest BCUT2D eigenvalue weighted by Crippen LogP contribution is -2.21. The molecule has 1 aliphatic heterocycles. The van der Waals surface area contributed by atoms with Crippen LogP contribution in [0, 0.1) is 10.1 Å². The van der Waals surface area contributed by atoms with Crippen LogP contribution in [-0.2, 0) is 16.1 Å². The number of aryl methyl sites for hydroxylation is 1. The molecule has 0 saturated heterocycles. The maximum atomic E-state index is 12.8. The summed E-state index contributed by atoms with van der Waals surface area (Å²) in [5.41, 5.74) is 2.67. The molecule has 0 aliphatic carbocycles. The third-order valence-corrected chi connectivity index (χ3v) is 6.75. The van der Waals surface area contributed by atoms with Crippen molar-refractivity contribution in [3.05, 3.63) is 94.6 Å². The van der Waals surface area contributed by atoms with E-state index < -0.39 is 16.7 Å². The third-order valence-electron chi connectivity index (χ3n) is 6.75. The van der Waals surface area contributed by atoms with E-state index in [4.69, 9.17) is 0 Å². The number of imide groups is 1. The summed E-state index contributed by atoms with van der Waals surface area (Å²) in [5.74, 6) is -0.997. The minimum Gasteiger partial charge on any atom is -0.334 e. The molecule has 6 rings (SSSR count). The lowest BCUT2D eigenvalue weighted by atomic mass is 9.95. The summed E-state index contributed by atoms with van der Waals surface area (Å²) in [7, 11) is 0. The number of para-hydroxylation sites is 1. The van der Waals surface area contributed by atoms with Crippen LogP contribution in [0.15, 0.2) is 78.9 Å². The van der Waals surface area contributed by atoms with Crippen LogP contribution in [0.1, 0.15) is 18.9 Å². The number of hydrogen-bond donors (Lipinski definition) is 1. The summed E-state index contributed by atoms with van der Waals surface area (Å²) in [6.07, 6.45) is 2.01. The Bertz CT molecular complexity index is 1800. The van der Waals surface area contributed by atoms with Crippen molar-refractivity contribution in [2.75, 3.05) is 0 Å². The van der Waals surface area contributed by atoms with E-state index in [-0.39, 0.29) is 11.3 Å². The molecule has 1 aromatic heterocycles. The Morgan fingerprint density at radius 2 is 1.64 bits per heavy atom. The van der Waals surface area contributed by atoms with E-state index in [9.17, 15) is 19.7 Å². The van der Waals surface area contributed by atoms with E-state index in [1.165, 1.54) is 12.1 Å². The number of nitro benzene ring substituents is 1. The van der Waals surface area contributed by atoms with E-state index in [1.807, 2.05) is 41.8 Å². The average molecular weight is 476 g/mol. The fourth-order valence-corrected chi connectivity index (χ4v) is 5.32. The van der Waals surface area contributed by atoms with Gasteiger partial charge in [-0.2, -0.15) is 0 Å². The Morgan fingerprint density at radius 1 is 0.889 bits per heavy atom. The molecule has 0 fully saturated rings. The number of aromatic nitrogens is 1. The Balaban J connectivity index is 1.73. The third kappa shape index (κ3) is 3.20. The molecule has 7 nitrogen and oxygen atoms in total. The number of amides is 2. The van der Waals surface area contributed by atoms with E-state index in [0.717, 1.165) is 33.5 Å². The predicted molar refractivity (Wildman–Crippen MR) is 140 cm³/mol. The SMILES string of the molecule is CCCn1c(-c2ccc3c(ccc4ccccc43)c2)c(C2=CC(=O)NC2=O)c2cccc([N+](=O)[O-])c21. The molecule has 4 aromatic carbocycles. The number of carbonyl (C=O) groups is 2. The van der Waals surface area contributed by atoms with Crippen molar-refractivity contribution >= 4 is 55.5 Å². The number of nitro groups is 1. The van der Waals surface area contributed by atoms with Crippen molar-refractivity contribution in [3.63, 3.8) is 0 Å². The predicted octanol–water partition coefficient (Wildman–Crippen LogP) is 5.97. The normalized spacial score (nSPS) is 13.5. The van der Waals surface area contributed by atoms with Crippen LogP contribution >= 0.6 is 0 Å². The second-order valence-electron chi connectivity index (χ2n) is 8.90. The van der Waals surface area contributed by atoms with E-state index in [2.05, 4.69) is 29.6 Å². The summed E-state index contributed by atoms with van der Waals surface area (Å²) in [6, 6.07) is 23.2. The molecule has 2 amide bonds. The van der Waals surface area contributed by atoms with Crippen molar-refractivity contribution < 1.29 is 14.5 Å². The first-order valence-corrected chi connectivity index (χ1v) is 11.8. The highest BCUT2D eigenvalue weighted by atomic mass is 16.6. The average Bonchev–Trinajstić information content (AvgIpc) is 3.39. The summed E-state index contributed by atoms with van der Waals surface area (Å²) < 4.78 is 1.92. The minimum atomic E-state index is -0.505. The summed E-state index contributed by atoms with van der Waals surface area (Å²) in [4.78, 5) is 36.5. The number of nitrogens with zero attached hydrogens (tertiary/aromatic N) is 2. The molecule has 2 heterocycles. The van der Waals surface area contributed by atoms with Gasteiger partial charge in [-0.05, 0) is 39.6 Å². The van der Waals surface area contributed by atoms with Crippen LogP contribution in [-0.4, -0.2) is 21.3 Å². The molecule has 0 atom stereocenters. The fourth-order valence-electron chi connectivity index (χ4n) is 5.32. The van der Waals surface area contributed by atoms with Crippen LogP contribution in [0.2, 0.25) is 0 Å². The molecule has 0 bridgehead atoms. The highest BCUT2D eigenvalue weighted by Gasteiger charge is 2.32. The maximum absolute atomic E-state index is 12.8. The fraction of sp³-hybridized carbons (Fsp3) is 0.103. The molecule has 0 radical (unpaired) electrons. The van der Waals surface area contributed by atoms with Gasteiger partial charge in [0.2, 0.25) is 0 Å². The van der Waals surface area contributed by atoms with Crippen LogP contribution < -0.4 is 5.32 Å². The van der Waals surface area contributed by atoms with Crippen molar-refractivity contribution in [1.82, 2.24) is 9.88 Å². The quantitative estimate of drug-likeness (QED) is 0.147. The van der Waals surface area contributed by atoms with Gasteiger partial charge in [-0.25, -0.2) is 0 Å². The Morgan fingerprint density at radius 3 is 2.39 bits per heavy atom. The number of nitrogens with one attached hydrogen (secondary N) is 1.